The van der Waals surface area contributed by atoms with E-state index in [0.717, 1.165) is 19.4 Å². The lowest BCUT2D eigenvalue weighted by atomic mass is 9.67. The van der Waals surface area contributed by atoms with Gasteiger partial charge in [-0.25, -0.2) is 0 Å². The zero-order valence-corrected chi connectivity index (χ0v) is 36.7. The molecule has 308 valence electrons. The van der Waals surface area contributed by atoms with Crippen molar-refractivity contribution in [1.29, 1.82) is 0 Å². The van der Waals surface area contributed by atoms with E-state index in [1.165, 1.54) is 110 Å². The second kappa shape index (κ2) is 15.3. The van der Waals surface area contributed by atoms with E-state index in [-0.39, 0.29) is 0 Å². The molecule has 0 amide bonds. The van der Waals surface area contributed by atoms with Crippen LogP contribution in [-0.4, -0.2) is 6.54 Å². The normalized spacial score (nSPS) is 14.5. The number of nitrogens with zero attached hydrogens (tertiary/aromatic N) is 2. The molecule has 1 aliphatic carbocycles. The fourth-order valence-electron chi connectivity index (χ4n) is 11.1. The SMILES string of the molecule is C(=Cc1ccc2c(ccc3cc(N4c5ccccc5Sc5ccccc54)ccc32)c1)c1ccc2c(c1)C(c1ccccc1)(c1ccccc1)c1cc(N3CCCc4ccccc43)ccc1-2. The van der Waals surface area contributed by atoms with Crippen molar-refractivity contribution in [1.82, 2.24) is 0 Å². The highest BCUT2D eigenvalue weighted by Crippen LogP contribution is 2.58. The van der Waals surface area contributed by atoms with E-state index in [4.69, 9.17) is 0 Å². The van der Waals surface area contributed by atoms with Crippen LogP contribution in [0.4, 0.5) is 28.4 Å². The number of hydrogen-bond donors (Lipinski definition) is 0. The summed E-state index contributed by atoms with van der Waals surface area (Å²) < 4.78 is 0. The van der Waals surface area contributed by atoms with Crippen molar-refractivity contribution in [3.63, 3.8) is 0 Å². The molecule has 0 spiro atoms. The molecule has 0 unspecified atom stereocenters. The van der Waals surface area contributed by atoms with Gasteiger partial charge in [0.2, 0.25) is 0 Å². The zero-order valence-electron chi connectivity index (χ0n) is 35.9. The Hall–Kier alpha value is -7.59. The minimum Gasteiger partial charge on any atom is -0.341 e. The van der Waals surface area contributed by atoms with E-state index < -0.39 is 5.41 Å². The van der Waals surface area contributed by atoms with Crippen LogP contribution >= 0.6 is 11.8 Å². The minimum absolute atomic E-state index is 0.494. The van der Waals surface area contributed by atoms with E-state index in [9.17, 15) is 0 Å². The van der Waals surface area contributed by atoms with Crippen molar-refractivity contribution in [3.05, 3.63) is 257 Å². The smallest absolute Gasteiger partial charge is 0.0714 e. The zero-order chi connectivity index (χ0) is 42.9. The van der Waals surface area contributed by atoms with Crippen molar-refractivity contribution in [2.24, 2.45) is 0 Å². The molecule has 0 saturated heterocycles. The Morgan fingerprint density at radius 2 is 0.969 bits per heavy atom. The molecule has 65 heavy (non-hydrogen) atoms. The Balaban J connectivity index is 0.879. The van der Waals surface area contributed by atoms with Crippen molar-refractivity contribution >= 4 is 73.9 Å². The van der Waals surface area contributed by atoms with Crippen LogP contribution in [0, 0.1) is 0 Å². The molecule has 3 heteroatoms. The summed E-state index contributed by atoms with van der Waals surface area (Å²) in [7, 11) is 0. The van der Waals surface area contributed by atoms with Gasteiger partial charge in [0.15, 0.2) is 0 Å². The van der Waals surface area contributed by atoms with Crippen molar-refractivity contribution in [3.8, 4) is 11.1 Å². The van der Waals surface area contributed by atoms with Crippen LogP contribution in [0.25, 0.3) is 44.8 Å². The van der Waals surface area contributed by atoms with Gasteiger partial charge in [-0.05, 0) is 151 Å². The molecule has 0 radical (unpaired) electrons. The Morgan fingerprint density at radius 1 is 0.431 bits per heavy atom. The molecule has 10 aromatic rings. The van der Waals surface area contributed by atoms with Gasteiger partial charge in [-0.3, -0.25) is 0 Å². The van der Waals surface area contributed by atoms with Gasteiger partial charge in [-0.15, -0.1) is 0 Å². The number of rotatable bonds is 6. The lowest BCUT2D eigenvalue weighted by Crippen LogP contribution is -2.29. The van der Waals surface area contributed by atoms with Crippen LogP contribution in [0.5, 0.6) is 0 Å². The average Bonchev–Trinajstić information content (AvgIpc) is 3.67. The molecule has 0 N–H and O–H groups in total. The fraction of sp³-hybridized carbons (Fsp3) is 0.0645. The molecule has 10 aromatic carbocycles. The van der Waals surface area contributed by atoms with E-state index in [1.807, 2.05) is 11.8 Å². The first kappa shape index (κ1) is 37.9. The van der Waals surface area contributed by atoms with Crippen LogP contribution in [-0.2, 0) is 11.8 Å². The predicted octanol–water partition coefficient (Wildman–Crippen LogP) is 16.5. The molecule has 0 fully saturated rings. The van der Waals surface area contributed by atoms with Gasteiger partial charge in [0.1, 0.15) is 0 Å². The highest BCUT2D eigenvalue weighted by atomic mass is 32.2. The number of hydrogen-bond acceptors (Lipinski definition) is 3. The molecule has 0 saturated carbocycles. The third kappa shape index (κ3) is 6.10. The Kier molecular flexibility index (Phi) is 8.92. The number of fused-ring (bicyclic) bond motifs is 9. The number of benzene rings is 10. The highest BCUT2D eigenvalue weighted by Gasteiger charge is 2.46. The standard InChI is InChI=1S/C62H44N2S/c1-3-16-47(17-4-1)62(48-18-5-2-6-19-48)55-39-43(28-34-53(55)54-36-31-49(41-56(54)62)63-37-13-15-44-14-7-8-20-57(44)63)26-25-42-27-33-51-45(38-42)29-30-46-40-50(32-35-52(46)51)64-58-21-9-11-23-60(58)65-61-24-12-10-22-59(61)64/h1-12,14,16-36,38-41H,13,15,37H2. The molecule has 0 aromatic heterocycles. The molecule has 0 bridgehead atoms. The summed E-state index contributed by atoms with van der Waals surface area (Å²) in [4.78, 5) is 7.49. The summed E-state index contributed by atoms with van der Waals surface area (Å²) in [6.45, 7) is 1.01. The predicted molar refractivity (Wildman–Crippen MR) is 275 cm³/mol. The van der Waals surface area contributed by atoms with E-state index >= 15 is 0 Å². The second-order valence-electron chi connectivity index (χ2n) is 17.6. The molecule has 2 heterocycles. The first-order chi connectivity index (χ1) is 32.2. The molecular weight excluding hydrogens is 805 g/mol. The fourth-order valence-corrected chi connectivity index (χ4v) is 12.1. The van der Waals surface area contributed by atoms with Gasteiger partial charge in [0.05, 0.1) is 16.8 Å². The molecular formula is C62H44N2S. The maximum Gasteiger partial charge on any atom is 0.0714 e. The quantitative estimate of drug-likeness (QED) is 0.122. The molecule has 13 rings (SSSR count). The van der Waals surface area contributed by atoms with Crippen LogP contribution in [0.1, 0.15) is 45.4 Å². The topological polar surface area (TPSA) is 6.48 Å². The van der Waals surface area contributed by atoms with Crippen LogP contribution < -0.4 is 9.80 Å². The van der Waals surface area contributed by atoms with Crippen molar-refractivity contribution < 1.29 is 0 Å². The second-order valence-corrected chi connectivity index (χ2v) is 18.6. The number of para-hydroxylation sites is 3. The monoisotopic (exact) mass is 848 g/mol. The lowest BCUT2D eigenvalue weighted by Gasteiger charge is -2.36. The van der Waals surface area contributed by atoms with Crippen LogP contribution in [0.3, 0.4) is 0 Å². The van der Waals surface area contributed by atoms with Crippen molar-refractivity contribution in [2.75, 3.05) is 16.3 Å². The number of anilines is 5. The van der Waals surface area contributed by atoms with Crippen LogP contribution in [0.15, 0.2) is 228 Å². The molecule has 2 aliphatic heterocycles. The van der Waals surface area contributed by atoms with Gasteiger partial charge in [-0.1, -0.05) is 176 Å². The van der Waals surface area contributed by atoms with Gasteiger partial charge < -0.3 is 9.80 Å². The maximum absolute atomic E-state index is 2.54. The summed E-state index contributed by atoms with van der Waals surface area (Å²) in [5.41, 5.74) is 17.3. The van der Waals surface area contributed by atoms with Gasteiger partial charge >= 0.3 is 0 Å². The summed E-state index contributed by atoms with van der Waals surface area (Å²) in [6.07, 6.45) is 6.84. The number of aryl methyl sites for hydroxylation is 1. The van der Waals surface area contributed by atoms with Crippen molar-refractivity contribution in [2.45, 2.75) is 28.0 Å². The maximum atomic E-state index is 2.54. The molecule has 2 nitrogen and oxygen atoms in total. The van der Waals surface area contributed by atoms with Gasteiger partial charge in [-0.2, -0.15) is 0 Å². The van der Waals surface area contributed by atoms with E-state index in [2.05, 4.69) is 240 Å². The average molecular weight is 849 g/mol. The third-order valence-electron chi connectivity index (χ3n) is 14.0. The lowest BCUT2D eigenvalue weighted by molar-refractivity contribution is 0.756. The van der Waals surface area contributed by atoms with Gasteiger partial charge in [0.25, 0.3) is 0 Å². The first-order valence-corrected chi connectivity index (χ1v) is 23.6. The molecule has 0 atom stereocenters. The Bertz CT molecular complexity index is 3430. The minimum atomic E-state index is -0.494. The first-order valence-electron chi connectivity index (χ1n) is 22.8. The third-order valence-corrected chi connectivity index (χ3v) is 15.1. The summed E-state index contributed by atoms with van der Waals surface area (Å²) >= 11 is 1.85. The van der Waals surface area contributed by atoms with Gasteiger partial charge in [0, 0.05) is 33.4 Å². The Labute approximate surface area is 384 Å². The molecule has 3 aliphatic rings. The van der Waals surface area contributed by atoms with Crippen LogP contribution in [0.2, 0.25) is 0 Å². The largest absolute Gasteiger partial charge is 0.341 e. The summed E-state index contributed by atoms with van der Waals surface area (Å²) in [5, 5.41) is 5.00. The van der Waals surface area contributed by atoms with E-state index in [1.54, 1.807) is 0 Å². The summed E-state index contributed by atoms with van der Waals surface area (Å²) in [6, 6.07) is 81.4. The summed E-state index contributed by atoms with van der Waals surface area (Å²) in [5.74, 6) is 0. The Morgan fingerprint density at radius 3 is 1.68 bits per heavy atom. The highest BCUT2D eigenvalue weighted by molar-refractivity contribution is 7.99. The van der Waals surface area contributed by atoms with E-state index in [0.29, 0.717) is 0 Å².